The summed E-state index contributed by atoms with van der Waals surface area (Å²) in [6.07, 6.45) is 2.97. The van der Waals surface area contributed by atoms with Gasteiger partial charge >= 0.3 is 0 Å². The lowest BCUT2D eigenvalue weighted by Gasteiger charge is -2.21. The van der Waals surface area contributed by atoms with E-state index in [0.29, 0.717) is 11.7 Å². The van der Waals surface area contributed by atoms with Crippen molar-refractivity contribution < 1.29 is 4.79 Å². The van der Waals surface area contributed by atoms with Crippen molar-refractivity contribution in [2.24, 2.45) is 5.92 Å². The third-order valence-electron chi connectivity index (χ3n) is 1.81. The zero-order valence-corrected chi connectivity index (χ0v) is 8.43. The fourth-order valence-corrected chi connectivity index (χ4v) is 1.64. The summed E-state index contributed by atoms with van der Waals surface area (Å²) >= 11 is 1.57. The maximum atomic E-state index is 11.3. The predicted octanol–water partition coefficient (Wildman–Crippen LogP) is 2.08. The zero-order chi connectivity index (χ0) is 8.97. The van der Waals surface area contributed by atoms with Gasteiger partial charge in [-0.1, -0.05) is 13.8 Å². The largest absolute Gasteiger partial charge is 0.318 e. The average Bonchev–Trinajstić information content (AvgIpc) is 2.03. The van der Waals surface area contributed by atoms with Crippen LogP contribution in [0.3, 0.4) is 0 Å². The summed E-state index contributed by atoms with van der Waals surface area (Å²) < 4.78 is 0. The van der Waals surface area contributed by atoms with Gasteiger partial charge in [-0.2, -0.15) is 0 Å². The Balaban J connectivity index is 2.34. The Morgan fingerprint density at radius 1 is 1.67 bits per heavy atom. The summed E-state index contributed by atoms with van der Waals surface area (Å²) in [4.78, 5) is 13.1. The lowest BCUT2D eigenvalue weighted by Crippen LogP contribution is -2.30. The first-order chi connectivity index (χ1) is 5.70. The third-order valence-corrected chi connectivity index (χ3v) is 2.54. The van der Waals surface area contributed by atoms with Crippen LogP contribution in [0.15, 0.2) is 11.6 Å². The maximum absolute atomic E-state index is 11.3. The van der Waals surface area contributed by atoms with E-state index < -0.39 is 0 Å². The highest BCUT2D eigenvalue weighted by atomic mass is 32.2. The Hall–Kier alpha value is -0.440. The first-order valence-electron chi connectivity index (χ1n) is 4.28. The molecule has 0 saturated heterocycles. The van der Waals surface area contributed by atoms with Crippen molar-refractivity contribution in [3.63, 3.8) is 0 Å². The fourth-order valence-electron chi connectivity index (χ4n) is 0.998. The normalized spacial score (nSPS) is 17.6. The molecule has 1 aliphatic heterocycles. The molecule has 1 aliphatic rings. The highest BCUT2D eigenvalue weighted by Gasteiger charge is 2.13. The van der Waals surface area contributed by atoms with E-state index in [4.69, 9.17) is 0 Å². The number of hydrogen-bond donors (Lipinski definition) is 0. The summed E-state index contributed by atoms with van der Waals surface area (Å²) in [5.74, 6) is 1.51. The smallest absolute Gasteiger partial charge is 0.236 e. The molecule has 1 rings (SSSR count). The Labute approximate surface area is 78.0 Å². The number of amides is 1. The minimum atomic E-state index is 0.239. The van der Waals surface area contributed by atoms with E-state index in [1.54, 1.807) is 11.8 Å². The van der Waals surface area contributed by atoms with Crippen LogP contribution >= 0.6 is 11.8 Å². The molecule has 1 heterocycles. The second-order valence-electron chi connectivity index (χ2n) is 3.37. The fraction of sp³-hybridized carbons (Fsp3) is 0.667. The minimum Gasteiger partial charge on any atom is -0.318 e. The van der Waals surface area contributed by atoms with Gasteiger partial charge in [-0.15, -0.1) is 11.8 Å². The SMILES string of the molecule is CC(C)CCN1C=CSCC1=O. The number of hydrogen-bond acceptors (Lipinski definition) is 2. The van der Waals surface area contributed by atoms with E-state index in [-0.39, 0.29) is 5.91 Å². The molecular weight excluding hydrogens is 170 g/mol. The molecule has 0 atom stereocenters. The average molecular weight is 185 g/mol. The Morgan fingerprint density at radius 2 is 2.42 bits per heavy atom. The molecule has 1 amide bonds. The van der Waals surface area contributed by atoms with Gasteiger partial charge in [-0.3, -0.25) is 4.79 Å². The number of carbonyl (C=O) groups is 1. The second kappa shape index (κ2) is 4.55. The van der Waals surface area contributed by atoms with Gasteiger partial charge in [0, 0.05) is 12.7 Å². The van der Waals surface area contributed by atoms with Gasteiger partial charge in [0.2, 0.25) is 5.91 Å². The van der Waals surface area contributed by atoms with Gasteiger partial charge in [-0.25, -0.2) is 0 Å². The molecule has 0 aromatic carbocycles. The summed E-state index contributed by atoms with van der Waals surface area (Å²) in [7, 11) is 0. The predicted molar refractivity (Wildman–Crippen MR) is 52.8 cm³/mol. The van der Waals surface area contributed by atoms with Crippen molar-refractivity contribution in [3.8, 4) is 0 Å². The molecule has 0 N–H and O–H groups in total. The number of carbonyl (C=O) groups excluding carboxylic acids is 1. The zero-order valence-electron chi connectivity index (χ0n) is 7.62. The molecule has 0 aliphatic carbocycles. The van der Waals surface area contributed by atoms with Crippen LogP contribution in [0.4, 0.5) is 0 Å². The summed E-state index contributed by atoms with van der Waals surface area (Å²) in [5, 5.41) is 1.99. The van der Waals surface area contributed by atoms with Crippen LogP contribution in [0.5, 0.6) is 0 Å². The van der Waals surface area contributed by atoms with E-state index in [1.807, 2.05) is 16.5 Å². The van der Waals surface area contributed by atoms with Crippen LogP contribution in [0.1, 0.15) is 20.3 Å². The Kier molecular flexibility index (Phi) is 3.66. The van der Waals surface area contributed by atoms with Crippen LogP contribution in [-0.2, 0) is 4.79 Å². The van der Waals surface area contributed by atoms with E-state index in [0.717, 1.165) is 13.0 Å². The molecule has 0 fully saturated rings. The number of nitrogens with zero attached hydrogens (tertiary/aromatic N) is 1. The van der Waals surface area contributed by atoms with Gasteiger partial charge in [0.05, 0.1) is 5.75 Å². The van der Waals surface area contributed by atoms with Crippen molar-refractivity contribution in [2.45, 2.75) is 20.3 Å². The summed E-state index contributed by atoms with van der Waals surface area (Å²) in [6.45, 7) is 5.22. The lowest BCUT2D eigenvalue weighted by molar-refractivity contribution is -0.126. The van der Waals surface area contributed by atoms with E-state index in [2.05, 4.69) is 13.8 Å². The van der Waals surface area contributed by atoms with Crippen molar-refractivity contribution >= 4 is 17.7 Å². The molecule has 0 bridgehead atoms. The molecule has 0 radical (unpaired) electrons. The van der Waals surface area contributed by atoms with Crippen molar-refractivity contribution in [2.75, 3.05) is 12.3 Å². The topological polar surface area (TPSA) is 20.3 Å². The van der Waals surface area contributed by atoms with E-state index in [9.17, 15) is 4.79 Å². The molecule has 2 nitrogen and oxygen atoms in total. The molecule has 3 heteroatoms. The molecule has 68 valence electrons. The highest BCUT2D eigenvalue weighted by Crippen LogP contribution is 2.13. The van der Waals surface area contributed by atoms with Gasteiger partial charge < -0.3 is 4.90 Å². The van der Waals surface area contributed by atoms with Crippen LogP contribution < -0.4 is 0 Å². The van der Waals surface area contributed by atoms with Crippen LogP contribution in [0.25, 0.3) is 0 Å². The number of rotatable bonds is 3. The minimum absolute atomic E-state index is 0.239. The highest BCUT2D eigenvalue weighted by molar-refractivity contribution is 8.02. The summed E-state index contributed by atoms with van der Waals surface area (Å²) in [6, 6.07) is 0. The molecule has 0 saturated carbocycles. The van der Waals surface area contributed by atoms with Gasteiger partial charge in [0.25, 0.3) is 0 Å². The second-order valence-corrected chi connectivity index (χ2v) is 4.26. The maximum Gasteiger partial charge on any atom is 0.236 e. The molecule has 0 unspecified atom stereocenters. The Bertz CT molecular complexity index is 189. The van der Waals surface area contributed by atoms with E-state index in [1.165, 1.54) is 0 Å². The quantitative estimate of drug-likeness (QED) is 0.671. The monoisotopic (exact) mass is 185 g/mol. The lowest BCUT2D eigenvalue weighted by atomic mass is 10.1. The van der Waals surface area contributed by atoms with Crippen molar-refractivity contribution in [1.29, 1.82) is 0 Å². The molecule has 12 heavy (non-hydrogen) atoms. The molecular formula is C9H15NOS. The Morgan fingerprint density at radius 3 is 3.00 bits per heavy atom. The van der Waals surface area contributed by atoms with E-state index >= 15 is 0 Å². The summed E-state index contributed by atoms with van der Waals surface area (Å²) in [5.41, 5.74) is 0. The van der Waals surface area contributed by atoms with Crippen molar-refractivity contribution in [3.05, 3.63) is 11.6 Å². The third kappa shape index (κ3) is 2.89. The van der Waals surface area contributed by atoms with Gasteiger partial charge in [-0.05, 0) is 17.7 Å². The van der Waals surface area contributed by atoms with Crippen molar-refractivity contribution in [1.82, 2.24) is 4.90 Å². The standard InChI is InChI=1S/C9H15NOS/c1-8(2)3-4-10-5-6-12-7-9(10)11/h5-6,8H,3-4,7H2,1-2H3. The van der Waals surface area contributed by atoms with Gasteiger partial charge in [0.15, 0.2) is 0 Å². The first kappa shape index (κ1) is 9.65. The molecule has 0 spiro atoms. The van der Waals surface area contributed by atoms with Crippen LogP contribution in [-0.4, -0.2) is 23.1 Å². The van der Waals surface area contributed by atoms with Gasteiger partial charge in [0.1, 0.15) is 0 Å². The first-order valence-corrected chi connectivity index (χ1v) is 5.33. The van der Waals surface area contributed by atoms with Crippen LogP contribution in [0.2, 0.25) is 0 Å². The van der Waals surface area contributed by atoms with Crippen LogP contribution in [0, 0.1) is 5.92 Å². The number of thioether (sulfide) groups is 1. The molecule has 0 aromatic heterocycles. The molecule has 0 aromatic rings.